The number of carbonyl (C=O) groups is 1. The van der Waals surface area contributed by atoms with E-state index in [1.807, 2.05) is 10.5 Å². The third kappa shape index (κ3) is 8.28. The molecule has 7 heteroatoms. The predicted molar refractivity (Wildman–Crippen MR) is 53.4 cm³/mol. The molecule has 90 valence electrons. The van der Waals surface area contributed by atoms with E-state index in [-0.39, 0.29) is 13.0 Å². The molecule has 7 nitrogen and oxygen atoms in total. The summed E-state index contributed by atoms with van der Waals surface area (Å²) >= 11 is 0. The number of methoxy groups -OCH3 is 1. The third-order valence-corrected chi connectivity index (χ3v) is 1.83. The smallest absolute Gasteiger partial charge is 0.327 e. The summed E-state index contributed by atoms with van der Waals surface area (Å²) in [5, 5.41) is 8.77. The summed E-state index contributed by atoms with van der Waals surface area (Å²) in [6.07, 6.45) is 0.216. The average molecular weight is 221 g/mol. The van der Waals surface area contributed by atoms with E-state index in [2.05, 4.69) is 4.84 Å². The highest BCUT2D eigenvalue weighted by Gasteiger charge is 2.08. The first-order valence-corrected chi connectivity index (χ1v) is 4.72. The average Bonchev–Trinajstić information content (AvgIpc) is 2.22. The lowest BCUT2D eigenvalue weighted by atomic mass is 10.3. The van der Waals surface area contributed by atoms with E-state index in [1.54, 1.807) is 7.11 Å². The number of hydrogen-bond acceptors (Lipinski definition) is 7. The van der Waals surface area contributed by atoms with Crippen LogP contribution in [0.2, 0.25) is 0 Å². The molecule has 0 amide bonds. The van der Waals surface area contributed by atoms with Crippen LogP contribution in [-0.4, -0.2) is 55.9 Å². The van der Waals surface area contributed by atoms with Gasteiger partial charge in [0.2, 0.25) is 0 Å². The molecule has 0 aromatic carbocycles. The SMILES string of the molecule is COCCN(CCO)CCC(=O)ONN. The van der Waals surface area contributed by atoms with Crippen molar-refractivity contribution < 1.29 is 19.5 Å². The second kappa shape index (κ2) is 9.81. The number of rotatable bonds is 9. The first-order valence-electron chi connectivity index (χ1n) is 4.72. The lowest BCUT2D eigenvalue weighted by Gasteiger charge is -2.19. The Hall–Kier alpha value is -0.730. The molecule has 0 radical (unpaired) electrons. The number of carbonyl (C=O) groups excluding carboxylic acids is 1. The number of hydrazine groups is 1. The minimum Gasteiger partial charge on any atom is -0.395 e. The molecule has 0 aliphatic rings. The quantitative estimate of drug-likeness (QED) is 0.313. The topological polar surface area (TPSA) is 97.0 Å². The summed E-state index contributed by atoms with van der Waals surface area (Å²) in [5.41, 5.74) is 1.82. The van der Waals surface area contributed by atoms with E-state index < -0.39 is 5.97 Å². The Balaban J connectivity index is 3.68. The molecule has 0 fully saturated rings. The molecule has 0 rings (SSSR count). The Labute approximate surface area is 89.1 Å². The van der Waals surface area contributed by atoms with Gasteiger partial charge in [0.15, 0.2) is 0 Å². The van der Waals surface area contributed by atoms with Crippen molar-refractivity contribution in [1.29, 1.82) is 0 Å². The molecular formula is C8H19N3O4. The Morgan fingerprint density at radius 1 is 1.47 bits per heavy atom. The summed E-state index contributed by atoms with van der Waals surface area (Å²) < 4.78 is 4.90. The van der Waals surface area contributed by atoms with Crippen LogP contribution in [0, 0.1) is 0 Å². The minimum absolute atomic E-state index is 0.0495. The molecule has 0 aliphatic carbocycles. The van der Waals surface area contributed by atoms with Crippen molar-refractivity contribution in [2.75, 3.05) is 40.0 Å². The summed E-state index contributed by atoms with van der Waals surface area (Å²) in [6, 6.07) is 0. The molecule has 0 aromatic rings. The van der Waals surface area contributed by atoms with Crippen molar-refractivity contribution in [2.45, 2.75) is 6.42 Å². The van der Waals surface area contributed by atoms with Crippen LogP contribution in [0.5, 0.6) is 0 Å². The summed E-state index contributed by atoms with van der Waals surface area (Å²) in [6.45, 7) is 2.29. The molecule has 0 saturated carbocycles. The molecule has 0 aliphatic heterocycles. The Bertz CT molecular complexity index is 168. The highest BCUT2D eigenvalue weighted by molar-refractivity contribution is 5.69. The minimum atomic E-state index is -0.433. The van der Waals surface area contributed by atoms with Crippen molar-refractivity contribution in [3.63, 3.8) is 0 Å². The second-order valence-electron chi connectivity index (χ2n) is 2.90. The second-order valence-corrected chi connectivity index (χ2v) is 2.90. The zero-order valence-corrected chi connectivity index (χ0v) is 8.94. The van der Waals surface area contributed by atoms with E-state index in [1.165, 1.54) is 0 Å². The van der Waals surface area contributed by atoms with Crippen LogP contribution in [0.15, 0.2) is 0 Å². The van der Waals surface area contributed by atoms with E-state index in [4.69, 9.17) is 15.7 Å². The molecule has 0 unspecified atom stereocenters. The summed E-state index contributed by atoms with van der Waals surface area (Å²) in [5.74, 6) is 4.38. The van der Waals surface area contributed by atoms with Gasteiger partial charge in [-0.25, -0.2) is 5.84 Å². The maximum atomic E-state index is 10.9. The normalized spacial score (nSPS) is 10.7. The van der Waals surface area contributed by atoms with Crippen LogP contribution in [-0.2, 0) is 14.4 Å². The van der Waals surface area contributed by atoms with Gasteiger partial charge in [0.05, 0.1) is 19.6 Å². The monoisotopic (exact) mass is 221 g/mol. The van der Waals surface area contributed by atoms with Gasteiger partial charge >= 0.3 is 5.97 Å². The summed E-state index contributed by atoms with van der Waals surface area (Å²) in [4.78, 5) is 17.2. The molecule has 4 N–H and O–H groups in total. The van der Waals surface area contributed by atoms with Gasteiger partial charge in [0, 0.05) is 26.7 Å². The first-order chi connectivity index (χ1) is 7.24. The molecule has 0 heterocycles. The van der Waals surface area contributed by atoms with Crippen molar-refractivity contribution in [1.82, 2.24) is 10.5 Å². The number of hydrogen-bond donors (Lipinski definition) is 3. The molecule has 0 atom stereocenters. The maximum absolute atomic E-state index is 10.9. The van der Waals surface area contributed by atoms with E-state index in [0.717, 1.165) is 0 Å². The Kier molecular flexibility index (Phi) is 9.33. The van der Waals surface area contributed by atoms with Gasteiger partial charge in [0.25, 0.3) is 0 Å². The molecular weight excluding hydrogens is 202 g/mol. The number of ether oxygens (including phenoxy) is 1. The van der Waals surface area contributed by atoms with Crippen molar-refractivity contribution in [3.05, 3.63) is 0 Å². The maximum Gasteiger partial charge on any atom is 0.327 e. The molecule has 0 saturated heterocycles. The van der Waals surface area contributed by atoms with Crippen LogP contribution in [0.4, 0.5) is 0 Å². The number of aliphatic hydroxyl groups excluding tert-OH is 1. The van der Waals surface area contributed by atoms with E-state index >= 15 is 0 Å². The van der Waals surface area contributed by atoms with E-state index in [0.29, 0.717) is 26.2 Å². The zero-order chi connectivity index (χ0) is 11.5. The number of nitrogens with zero attached hydrogens (tertiary/aromatic N) is 1. The van der Waals surface area contributed by atoms with Crippen LogP contribution >= 0.6 is 0 Å². The number of nitrogens with two attached hydrogens (primary N) is 1. The molecule has 0 bridgehead atoms. The van der Waals surface area contributed by atoms with Gasteiger partial charge < -0.3 is 14.7 Å². The highest BCUT2D eigenvalue weighted by atomic mass is 16.7. The zero-order valence-electron chi connectivity index (χ0n) is 8.94. The number of nitrogens with one attached hydrogen (secondary N) is 1. The Morgan fingerprint density at radius 2 is 2.20 bits per heavy atom. The van der Waals surface area contributed by atoms with Gasteiger partial charge in [-0.3, -0.25) is 9.69 Å². The van der Waals surface area contributed by atoms with Gasteiger partial charge in [-0.05, 0) is 0 Å². The number of aliphatic hydroxyl groups is 1. The van der Waals surface area contributed by atoms with Crippen molar-refractivity contribution >= 4 is 5.97 Å². The Morgan fingerprint density at radius 3 is 2.73 bits per heavy atom. The van der Waals surface area contributed by atoms with Crippen molar-refractivity contribution in [3.8, 4) is 0 Å². The largest absolute Gasteiger partial charge is 0.395 e. The van der Waals surface area contributed by atoms with Gasteiger partial charge in [-0.15, -0.1) is 0 Å². The summed E-state index contributed by atoms with van der Waals surface area (Å²) in [7, 11) is 1.60. The van der Waals surface area contributed by atoms with Gasteiger partial charge in [0.1, 0.15) is 0 Å². The van der Waals surface area contributed by atoms with Crippen molar-refractivity contribution in [2.24, 2.45) is 5.84 Å². The highest BCUT2D eigenvalue weighted by Crippen LogP contribution is 1.93. The van der Waals surface area contributed by atoms with Crippen LogP contribution in [0.3, 0.4) is 0 Å². The lowest BCUT2D eigenvalue weighted by molar-refractivity contribution is -0.151. The molecule has 0 aromatic heterocycles. The fourth-order valence-corrected chi connectivity index (χ4v) is 1.06. The van der Waals surface area contributed by atoms with E-state index in [9.17, 15) is 4.79 Å². The first kappa shape index (κ1) is 14.3. The molecule has 15 heavy (non-hydrogen) atoms. The van der Waals surface area contributed by atoms with Crippen LogP contribution < -0.4 is 11.4 Å². The van der Waals surface area contributed by atoms with Gasteiger partial charge in [-0.1, -0.05) is 5.59 Å². The van der Waals surface area contributed by atoms with Crippen LogP contribution in [0.1, 0.15) is 6.42 Å². The standard InChI is InChI=1S/C8H19N3O4/c1-14-7-5-11(4-6-12)3-2-8(13)15-10-9/h10,12H,2-7,9H2,1H3. The van der Waals surface area contributed by atoms with Crippen LogP contribution in [0.25, 0.3) is 0 Å². The lowest BCUT2D eigenvalue weighted by Crippen LogP contribution is -2.34. The fourth-order valence-electron chi connectivity index (χ4n) is 1.06. The third-order valence-electron chi connectivity index (χ3n) is 1.83. The predicted octanol–water partition coefficient (Wildman–Crippen LogP) is -1.76. The fraction of sp³-hybridized carbons (Fsp3) is 0.875. The molecule has 0 spiro atoms. The van der Waals surface area contributed by atoms with Gasteiger partial charge in [-0.2, -0.15) is 0 Å².